The summed E-state index contributed by atoms with van der Waals surface area (Å²) in [5.41, 5.74) is 1.18. The van der Waals surface area contributed by atoms with Gasteiger partial charge in [0.15, 0.2) is 6.29 Å². The maximum Gasteiger partial charge on any atom is 0.177 e. The molecule has 2 unspecified atom stereocenters. The lowest BCUT2D eigenvalue weighted by atomic mass is 10.2. The van der Waals surface area contributed by atoms with E-state index in [0.717, 1.165) is 5.75 Å². The van der Waals surface area contributed by atoms with Crippen molar-refractivity contribution in [2.24, 2.45) is 0 Å². The number of aliphatic hydroxyl groups excluding tert-OH is 1. The van der Waals surface area contributed by atoms with Crippen LogP contribution in [0.15, 0.2) is 24.3 Å². The van der Waals surface area contributed by atoms with Gasteiger partial charge < -0.3 is 24.1 Å². The number of aliphatic hydroxyl groups is 1. The number of hydrogen-bond donors (Lipinski definition) is 1. The van der Waals surface area contributed by atoms with Crippen molar-refractivity contribution in [2.75, 3.05) is 34.0 Å². The van der Waals surface area contributed by atoms with Gasteiger partial charge in [-0.15, -0.1) is 0 Å². The van der Waals surface area contributed by atoms with Gasteiger partial charge in [0.25, 0.3) is 0 Å². The molecule has 2 atom stereocenters. The lowest BCUT2D eigenvalue weighted by Gasteiger charge is -2.19. The summed E-state index contributed by atoms with van der Waals surface area (Å²) < 4.78 is 20.8. The Morgan fingerprint density at radius 3 is 2.32 bits per heavy atom. The molecule has 5 heteroatoms. The number of rotatable bonds is 9. The first kappa shape index (κ1) is 15.9. The van der Waals surface area contributed by atoms with Crippen LogP contribution in [0, 0.1) is 6.92 Å². The normalized spacial score (nSPS) is 14.1. The zero-order chi connectivity index (χ0) is 14.1. The summed E-state index contributed by atoms with van der Waals surface area (Å²) >= 11 is 0. The minimum Gasteiger partial charge on any atom is -0.491 e. The topological polar surface area (TPSA) is 57.2 Å². The van der Waals surface area contributed by atoms with Crippen molar-refractivity contribution in [3.8, 4) is 5.75 Å². The van der Waals surface area contributed by atoms with E-state index in [2.05, 4.69) is 0 Å². The van der Waals surface area contributed by atoms with Crippen LogP contribution in [0.4, 0.5) is 0 Å². The molecule has 0 saturated carbocycles. The predicted molar refractivity (Wildman–Crippen MR) is 71.3 cm³/mol. The second kappa shape index (κ2) is 8.87. The van der Waals surface area contributed by atoms with Gasteiger partial charge in [-0.05, 0) is 19.1 Å². The fourth-order valence-electron chi connectivity index (χ4n) is 1.44. The van der Waals surface area contributed by atoms with E-state index >= 15 is 0 Å². The van der Waals surface area contributed by atoms with E-state index in [1.807, 2.05) is 31.2 Å². The van der Waals surface area contributed by atoms with E-state index in [-0.39, 0.29) is 12.7 Å². The van der Waals surface area contributed by atoms with Crippen LogP contribution in [-0.2, 0) is 14.2 Å². The zero-order valence-electron chi connectivity index (χ0n) is 11.7. The molecule has 1 aromatic rings. The van der Waals surface area contributed by atoms with Crippen LogP contribution >= 0.6 is 0 Å². The fraction of sp³-hybridized carbons (Fsp3) is 0.571. The second-order valence-electron chi connectivity index (χ2n) is 4.23. The van der Waals surface area contributed by atoms with Crippen molar-refractivity contribution in [3.05, 3.63) is 29.8 Å². The third-order valence-electron chi connectivity index (χ3n) is 2.56. The SMILES string of the molecule is COCC(COc1ccc(C)cc1)OCC(O)OC. The molecule has 1 N–H and O–H groups in total. The van der Waals surface area contributed by atoms with Gasteiger partial charge in [0.2, 0.25) is 0 Å². The highest BCUT2D eigenvalue weighted by Gasteiger charge is 2.12. The third kappa shape index (κ3) is 6.54. The molecule has 0 spiro atoms. The highest BCUT2D eigenvalue weighted by Crippen LogP contribution is 2.12. The summed E-state index contributed by atoms with van der Waals surface area (Å²) in [6.45, 7) is 2.85. The van der Waals surface area contributed by atoms with E-state index in [0.29, 0.717) is 13.2 Å². The minimum atomic E-state index is -0.932. The lowest BCUT2D eigenvalue weighted by molar-refractivity contribution is -0.143. The Labute approximate surface area is 114 Å². The van der Waals surface area contributed by atoms with Gasteiger partial charge in [0.1, 0.15) is 18.5 Å². The van der Waals surface area contributed by atoms with Gasteiger partial charge in [-0.3, -0.25) is 0 Å². The average Bonchev–Trinajstić information content (AvgIpc) is 2.43. The van der Waals surface area contributed by atoms with Gasteiger partial charge >= 0.3 is 0 Å². The van der Waals surface area contributed by atoms with E-state index in [9.17, 15) is 5.11 Å². The molecule has 0 bridgehead atoms. The molecule has 5 nitrogen and oxygen atoms in total. The van der Waals surface area contributed by atoms with E-state index in [1.165, 1.54) is 12.7 Å². The first-order chi connectivity index (χ1) is 9.15. The van der Waals surface area contributed by atoms with E-state index in [1.54, 1.807) is 7.11 Å². The number of hydrogen-bond acceptors (Lipinski definition) is 5. The number of benzene rings is 1. The van der Waals surface area contributed by atoms with Crippen LogP contribution in [-0.4, -0.2) is 51.5 Å². The molecule has 1 rings (SSSR count). The second-order valence-corrected chi connectivity index (χ2v) is 4.23. The van der Waals surface area contributed by atoms with Crippen LogP contribution in [0.25, 0.3) is 0 Å². The van der Waals surface area contributed by atoms with Crippen LogP contribution in [0.3, 0.4) is 0 Å². The predicted octanol–water partition coefficient (Wildman–Crippen LogP) is 1.37. The molecule has 0 heterocycles. The van der Waals surface area contributed by atoms with Gasteiger partial charge in [0.05, 0.1) is 13.2 Å². The molecular weight excluding hydrogens is 248 g/mol. The molecule has 108 valence electrons. The molecular formula is C14H22O5. The number of methoxy groups -OCH3 is 2. The first-order valence-corrected chi connectivity index (χ1v) is 6.16. The quantitative estimate of drug-likeness (QED) is 0.687. The monoisotopic (exact) mass is 270 g/mol. The standard InChI is InChI=1S/C14H22O5/c1-11-4-6-12(7-5-11)18-9-13(8-16-2)19-10-14(15)17-3/h4-7,13-15H,8-10H2,1-3H3. The van der Waals surface area contributed by atoms with Crippen LogP contribution < -0.4 is 4.74 Å². The number of aryl methyl sites for hydroxylation is 1. The highest BCUT2D eigenvalue weighted by molar-refractivity contribution is 5.26. The van der Waals surface area contributed by atoms with Gasteiger partial charge in [0, 0.05) is 14.2 Å². The molecule has 0 aromatic heterocycles. The van der Waals surface area contributed by atoms with E-state index < -0.39 is 6.29 Å². The Balaban J connectivity index is 2.38. The minimum absolute atomic E-state index is 0.0851. The van der Waals surface area contributed by atoms with Crippen molar-refractivity contribution in [1.82, 2.24) is 0 Å². The van der Waals surface area contributed by atoms with Crippen molar-refractivity contribution >= 4 is 0 Å². The highest BCUT2D eigenvalue weighted by atomic mass is 16.6. The Morgan fingerprint density at radius 1 is 1.05 bits per heavy atom. The molecule has 0 aliphatic rings. The largest absolute Gasteiger partial charge is 0.491 e. The summed E-state index contributed by atoms with van der Waals surface area (Å²) in [4.78, 5) is 0. The van der Waals surface area contributed by atoms with Gasteiger partial charge in [-0.2, -0.15) is 0 Å². The summed E-state index contributed by atoms with van der Waals surface area (Å²) in [6.07, 6.45) is -1.19. The summed E-state index contributed by atoms with van der Waals surface area (Å²) in [5.74, 6) is 0.780. The Hall–Kier alpha value is -1.14. The Kier molecular flexibility index (Phi) is 7.43. The van der Waals surface area contributed by atoms with Crippen LogP contribution in [0.2, 0.25) is 0 Å². The average molecular weight is 270 g/mol. The van der Waals surface area contributed by atoms with Crippen molar-refractivity contribution < 1.29 is 24.1 Å². The Morgan fingerprint density at radius 2 is 1.74 bits per heavy atom. The maximum atomic E-state index is 9.26. The van der Waals surface area contributed by atoms with Gasteiger partial charge in [-0.25, -0.2) is 0 Å². The van der Waals surface area contributed by atoms with E-state index in [4.69, 9.17) is 18.9 Å². The zero-order valence-corrected chi connectivity index (χ0v) is 11.7. The third-order valence-corrected chi connectivity index (χ3v) is 2.56. The van der Waals surface area contributed by atoms with Crippen molar-refractivity contribution in [2.45, 2.75) is 19.3 Å². The summed E-state index contributed by atoms with van der Waals surface area (Å²) in [6, 6.07) is 7.78. The maximum absolute atomic E-state index is 9.26. The lowest BCUT2D eigenvalue weighted by Crippen LogP contribution is -2.30. The first-order valence-electron chi connectivity index (χ1n) is 6.16. The Bertz CT molecular complexity index is 338. The van der Waals surface area contributed by atoms with Crippen LogP contribution in [0.1, 0.15) is 5.56 Å². The van der Waals surface area contributed by atoms with Crippen molar-refractivity contribution in [3.63, 3.8) is 0 Å². The molecule has 1 aromatic carbocycles. The molecule has 0 fully saturated rings. The molecule has 0 radical (unpaired) electrons. The molecule has 0 amide bonds. The summed E-state index contributed by atoms with van der Waals surface area (Å²) in [7, 11) is 3.01. The smallest absolute Gasteiger partial charge is 0.177 e. The fourth-order valence-corrected chi connectivity index (χ4v) is 1.44. The molecule has 0 aliphatic carbocycles. The number of ether oxygens (including phenoxy) is 4. The summed E-state index contributed by atoms with van der Waals surface area (Å²) in [5, 5.41) is 9.26. The van der Waals surface area contributed by atoms with Crippen LogP contribution in [0.5, 0.6) is 5.75 Å². The molecule has 0 aliphatic heterocycles. The van der Waals surface area contributed by atoms with Gasteiger partial charge in [-0.1, -0.05) is 17.7 Å². The molecule has 19 heavy (non-hydrogen) atoms. The van der Waals surface area contributed by atoms with Crippen molar-refractivity contribution in [1.29, 1.82) is 0 Å². The molecule has 0 saturated heterocycles.